The lowest BCUT2D eigenvalue weighted by Crippen LogP contribution is -3.00. The van der Waals surface area contributed by atoms with Crippen molar-refractivity contribution >= 4 is 34.1 Å². The van der Waals surface area contributed by atoms with Crippen molar-refractivity contribution in [3.8, 4) is 0 Å². The van der Waals surface area contributed by atoms with Crippen molar-refractivity contribution in [3.05, 3.63) is 40.5 Å². The summed E-state index contributed by atoms with van der Waals surface area (Å²) in [5.74, 6) is 0. The summed E-state index contributed by atoms with van der Waals surface area (Å²) in [6.07, 6.45) is 9.16. The zero-order chi connectivity index (χ0) is 15.1. The lowest BCUT2D eigenvalue weighted by Gasteiger charge is -2.05. The molecule has 2 rings (SSSR count). The number of pyridine rings is 1. The Labute approximate surface area is 150 Å². The summed E-state index contributed by atoms with van der Waals surface area (Å²) >= 11 is 12.6. The molecule has 0 aliphatic carbocycles. The van der Waals surface area contributed by atoms with Crippen molar-refractivity contribution < 1.29 is 17.0 Å². The predicted molar refractivity (Wildman–Crippen MR) is 92.2 cm³/mol. The number of rotatable bonds is 8. The third-order valence-electron chi connectivity index (χ3n) is 3.94. The van der Waals surface area contributed by atoms with Crippen molar-refractivity contribution in [2.24, 2.45) is 0 Å². The Kier molecular flexibility index (Phi) is 9.16. The van der Waals surface area contributed by atoms with Gasteiger partial charge in [0, 0.05) is 18.6 Å². The van der Waals surface area contributed by atoms with E-state index in [1.54, 1.807) is 0 Å². The zero-order valence-electron chi connectivity index (χ0n) is 13.1. The van der Waals surface area contributed by atoms with E-state index in [-0.39, 0.29) is 12.4 Å². The van der Waals surface area contributed by atoms with Crippen LogP contribution in [0.15, 0.2) is 30.3 Å². The highest BCUT2D eigenvalue weighted by Gasteiger charge is 2.16. The quantitative estimate of drug-likeness (QED) is 0.387. The smallest absolute Gasteiger partial charge is 0.276 e. The summed E-state index contributed by atoms with van der Waals surface area (Å²) in [4.78, 5) is 0. The molecule has 0 unspecified atom stereocenters. The average molecular weight is 361 g/mol. The fourth-order valence-corrected chi connectivity index (χ4v) is 3.34. The molecular weight excluding hydrogens is 337 g/mol. The summed E-state index contributed by atoms with van der Waals surface area (Å²) < 4.78 is 2.18. The normalized spacial score (nSPS) is 10.7. The Morgan fingerprint density at radius 1 is 0.909 bits per heavy atom. The predicted octanol–water partition coefficient (Wildman–Crippen LogP) is 3.19. The Bertz CT molecular complexity index is 584. The molecule has 0 N–H and O–H groups in total. The van der Waals surface area contributed by atoms with Gasteiger partial charge in [-0.2, -0.15) is 4.57 Å². The van der Waals surface area contributed by atoms with Gasteiger partial charge in [-0.3, -0.25) is 0 Å². The van der Waals surface area contributed by atoms with Crippen LogP contribution in [0, 0.1) is 0 Å². The van der Waals surface area contributed by atoms with E-state index >= 15 is 0 Å². The van der Waals surface area contributed by atoms with Crippen LogP contribution >= 0.6 is 23.2 Å². The van der Waals surface area contributed by atoms with Crippen LogP contribution in [0.2, 0.25) is 10.2 Å². The molecule has 0 saturated heterocycles. The largest absolute Gasteiger partial charge is 1.00 e. The standard InChI is InChI=1S/C18H24Cl2N.ClH/c1-2-3-4-5-6-7-10-13-21-17-12-9-8-11-15(17)16(19)14-18(21)20;/h8-9,11-12,14H,2-7,10,13H2,1H3;1H/q+1;/p-1. The molecule has 0 aliphatic rings. The molecular formula is C18H24Cl3N. The van der Waals surface area contributed by atoms with Crippen LogP contribution in [-0.4, -0.2) is 0 Å². The minimum Gasteiger partial charge on any atom is -1.00 e. The van der Waals surface area contributed by atoms with Gasteiger partial charge in [0.25, 0.3) is 5.15 Å². The van der Waals surface area contributed by atoms with Crippen molar-refractivity contribution in [2.75, 3.05) is 0 Å². The monoisotopic (exact) mass is 359 g/mol. The third kappa shape index (κ3) is 5.30. The van der Waals surface area contributed by atoms with Crippen LogP contribution in [0.1, 0.15) is 51.9 Å². The van der Waals surface area contributed by atoms with Crippen LogP contribution in [-0.2, 0) is 6.54 Å². The van der Waals surface area contributed by atoms with Gasteiger partial charge in [0.15, 0.2) is 6.54 Å². The van der Waals surface area contributed by atoms with E-state index in [2.05, 4.69) is 23.6 Å². The molecule has 0 amide bonds. The highest BCUT2D eigenvalue weighted by molar-refractivity contribution is 6.37. The number of nitrogens with zero attached hydrogens (tertiary/aromatic N) is 1. The second kappa shape index (κ2) is 10.3. The summed E-state index contributed by atoms with van der Waals surface area (Å²) in [5, 5.41) is 2.53. The van der Waals surface area contributed by atoms with Gasteiger partial charge >= 0.3 is 0 Å². The number of halogens is 3. The fraction of sp³-hybridized carbons (Fsp3) is 0.500. The maximum absolute atomic E-state index is 6.37. The van der Waals surface area contributed by atoms with Crippen LogP contribution in [0.25, 0.3) is 10.9 Å². The number of aromatic nitrogens is 1. The Hall–Kier alpha value is -0.500. The molecule has 0 saturated carbocycles. The second-order valence-electron chi connectivity index (χ2n) is 5.61. The average Bonchev–Trinajstić information content (AvgIpc) is 2.49. The van der Waals surface area contributed by atoms with E-state index in [0.717, 1.165) is 27.6 Å². The van der Waals surface area contributed by atoms with E-state index in [0.29, 0.717) is 0 Å². The van der Waals surface area contributed by atoms with Crippen LogP contribution in [0.3, 0.4) is 0 Å². The molecule has 122 valence electrons. The molecule has 0 fully saturated rings. The Morgan fingerprint density at radius 3 is 2.27 bits per heavy atom. The summed E-state index contributed by atoms with van der Waals surface area (Å²) in [7, 11) is 0. The van der Waals surface area contributed by atoms with Gasteiger partial charge in [0.05, 0.1) is 10.4 Å². The van der Waals surface area contributed by atoms with Crippen molar-refractivity contribution in [2.45, 2.75) is 58.4 Å². The molecule has 2 aromatic rings. The highest BCUT2D eigenvalue weighted by Crippen LogP contribution is 2.23. The molecule has 4 heteroatoms. The number of hydrogen-bond donors (Lipinski definition) is 0. The molecule has 1 aromatic carbocycles. The van der Waals surface area contributed by atoms with Gasteiger partial charge in [0.2, 0.25) is 5.52 Å². The van der Waals surface area contributed by atoms with E-state index in [4.69, 9.17) is 23.2 Å². The number of para-hydroxylation sites is 1. The molecule has 0 bridgehead atoms. The van der Waals surface area contributed by atoms with E-state index in [1.807, 2.05) is 18.2 Å². The van der Waals surface area contributed by atoms with E-state index in [9.17, 15) is 0 Å². The number of fused-ring (bicyclic) bond motifs is 1. The maximum atomic E-state index is 6.37. The first-order valence-electron chi connectivity index (χ1n) is 8.00. The number of unbranched alkanes of at least 4 members (excludes halogenated alkanes) is 6. The van der Waals surface area contributed by atoms with Gasteiger partial charge < -0.3 is 12.4 Å². The SMILES string of the molecule is CCCCCCCCC[n+]1c(Cl)cc(Cl)c2ccccc21.[Cl-]. The molecule has 1 heterocycles. The van der Waals surface area contributed by atoms with Gasteiger partial charge in [-0.05, 0) is 24.1 Å². The van der Waals surface area contributed by atoms with E-state index < -0.39 is 0 Å². The van der Waals surface area contributed by atoms with Crippen molar-refractivity contribution in [3.63, 3.8) is 0 Å². The first kappa shape index (κ1) is 19.5. The highest BCUT2D eigenvalue weighted by atomic mass is 35.5. The number of hydrogen-bond acceptors (Lipinski definition) is 0. The number of aryl methyl sites for hydroxylation is 1. The minimum atomic E-state index is 0. The van der Waals surface area contributed by atoms with Crippen LogP contribution < -0.4 is 17.0 Å². The molecule has 0 aliphatic heterocycles. The lowest BCUT2D eigenvalue weighted by atomic mass is 10.1. The third-order valence-corrected chi connectivity index (χ3v) is 4.57. The lowest BCUT2D eigenvalue weighted by molar-refractivity contribution is -0.669. The summed E-state index contributed by atoms with van der Waals surface area (Å²) in [5.41, 5.74) is 1.13. The Balaban J connectivity index is 0.00000242. The van der Waals surface area contributed by atoms with Gasteiger partial charge in [-0.1, -0.05) is 62.8 Å². The van der Waals surface area contributed by atoms with Gasteiger partial charge in [0.1, 0.15) is 0 Å². The molecule has 22 heavy (non-hydrogen) atoms. The molecule has 1 aromatic heterocycles. The van der Waals surface area contributed by atoms with Crippen molar-refractivity contribution in [1.29, 1.82) is 0 Å². The zero-order valence-corrected chi connectivity index (χ0v) is 15.4. The maximum Gasteiger partial charge on any atom is 0.276 e. The molecule has 1 nitrogen and oxygen atoms in total. The first-order chi connectivity index (χ1) is 10.2. The number of benzene rings is 1. The summed E-state index contributed by atoms with van der Waals surface area (Å²) in [6.45, 7) is 3.22. The molecule has 0 atom stereocenters. The molecule has 0 radical (unpaired) electrons. The fourth-order valence-electron chi connectivity index (χ4n) is 2.74. The molecule has 0 spiro atoms. The first-order valence-corrected chi connectivity index (χ1v) is 8.76. The Morgan fingerprint density at radius 2 is 1.55 bits per heavy atom. The van der Waals surface area contributed by atoms with Crippen LogP contribution in [0.4, 0.5) is 0 Å². The summed E-state index contributed by atoms with van der Waals surface area (Å²) in [6, 6.07) is 10.0. The van der Waals surface area contributed by atoms with Crippen LogP contribution in [0.5, 0.6) is 0 Å². The second-order valence-corrected chi connectivity index (χ2v) is 6.40. The van der Waals surface area contributed by atoms with E-state index in [1.165, 1.54) is 44.9 Å². The minimum absolute atomic E-state index is 0. The van der Waals surface area contributed by atoms with Gasteiger partial charge in [-0.25, -0.2) is 0 Å². The van der Waals surface area contributed by atoms with Gasteiger partial charge in [-0.15, -0.1) is 0 Å². The topological polar surface area (TPSA) is 3.88 Å². The van der Waals surface area contributed by atoms with Crippen molar-refractivity contribution in [1.82, 2.24) is 0 Å².